The van der Waals surface area contributed by atoms with Crippen molar-refractivity contribution in [2.24, 2.45) is 0 Å². The van der Waals surface area contributed by atoms with E-state index in [1.165, 1.54) is 14.2 Å². The molecule has 1 aliphatic rings. The minimum atomic E-state index is -1.06. The monoisotopic (exact) mass is 192 g/mol. The van der Waals surface area contributed by atoms with E-state index in [1.54, 1.807) is 6.92 Å². The molecule has 5 atom stereocenters. The van der Waals surface area contributed by atoms with Crippen LogP contribution in [0.3, 0.4) is 0 Å². The van der Waals surface area contributed by atoms with Crippen LogP contribution in [0.4, 0.5) is 0 Å². The van der Waals surface area contributed by atoms with Crippen LogP contribution in [0.15, 0.2) is 0 Å². The molecule has 1 saturated heterocycles. The minimum Gasteiger partial charge on any atom is -0.387 e. The zero-order chi connectivity index (χ0) is 10.0. The van der Waals surface area contributed by atoms with Crippen molar-refractivity contribution in [2.45, 2.75) is 37.6 Å². The highest BCUT2D eigenvalue weighted by Crippen LogP contribution is 2.22. The summed E-state index contributed by atoms with van der Waals surface area (Å²) in [6, 6.07) is 0. The molecular weight excluding hydrogens is 176 g/mol. The average molecular weight is 192 g/mol. The summed E-state index contributed by atoms with van der Waals surface area (Å²) in [6.07, 6.45) is -3.63. The Morgan fingerprint density at radius 1 is 1.08 bits per heavy atom. The molecule has 0 aromatic carbocycles. The summed E-state index contributed by atoms with van der Waals surface area (Å²) in [5.41, 5.74) is 0. The van der Waals surface area contributed by atoms with Crippen LogP contribution < -0.4 is 0 Å². The Kier molecular flexibility index (Phi) is 3.63. The predicted molar refractivity (Wildman–Crippen MR) is 44.2 cm³/mol. The molecule has 0 radical (unpaired) electrons. The molecule has 0 aliphatic carbocycles. The van der Waals surface area contributed by atoms with Gasteiger partial charge in [0.15, 0.2) is 6.29 Å². The summed E-state index contributed by atoms with van der Waals surface area (Å²) >= 11 is 0. The number of aliphatic hydroxyl groups excluding tert-OH is 2. The van der Waals surface area contributed by atoms with E-state index in [9.17, 15) is 10.2 Å². The molecule has 1 rings (SSSR count). The van der Waals surface area contributed by atoms with Crippen LogP contribution in [-0.4, -0.2) is 55.1 Å². The van der Waals surface area contributed by atoms with Gasteiger partial charge in [-0.2, -0.15) is 0 Å². The third-order valence-corrected chi connectivity index (χ3v) is 2.28. The first-order chi connectivity index (χ1) is 6.11. The molecule has 1 heterocycles. The molecule has 0 aromatic rings. The van der Waals surface area contributed by atoms with Crippen LogP contribution >= 0.6 is 0 Å². The van der Waals surface area contributed by atoms with Gasteiger partial charge in [0.25, 0.3) is 0 Å². The van der Waals surface area contributed by atoms with E-state index in [-0.39, 0.29) is 6.10 Å². The summed E-state index contributed by atoms with van der Waals surface area (Å²) in [5, 5.41) is 19.1. The average Bonchev–Trinajstić information content (AvgIpc) is 2.12. The van der Waals surface area contributed by atoms with Gasteiger partial charge in [-0.15, -0.1) is 0 Å². The minimum absolute atomic E-state index is 0.298. The van der Waals surface area contributed by atoms with Crippen LogP contribution in [0, 0.1) is 0 Å². The van der Waals surface area contributed by atoms with Gasteiger partial charge in [0.1, 0.15) is 18.3 Å². The number of hydrogen-bond donors (Lipinski definition) is 2. The molecule has 13 heavy (non-hydrogen) atoms. The van der Waals surface area contributed by atoms with Crippen molar-refractivity contribution in [1.29, 1.82) is 0 Å². The van der Waals surface area contributed by atoms with Crippen molar-refractivity contribution < 1.29 is 24.4 Å². The number of rotatable bonds is 2. The summed E-state index contributed by atoms with van der Waals surface area (Å²) in [6.45, 7) is 1.76. The molecule has 2 N–H and O–H groups in total. The molecule has 0 unspecified atom stereocenters. The molecule has 0 saturated carbocycles. The van der Waals surface area contributed by atoms with E-state index in [4.69, 9.17) is 14.2 Å². The van der Waals surface area contributed by atoms with E-state index in [0.29, 0.717) is 0 Å². The molecule has 1 fully saturated rings. The topological polar surface area (TPSA) is 68.2 Å². The van der Waals surface area contributed by atoms with E-state index in [2.05, 4.69) is 0 Å². The zero-order valence-electron chi connectivity index (χ0n) is 8.01. The summed E-state index contributed by atoms with van der Waals surface area (Å²) in [4.78, 5) is 0. The predicted octanol–water partition coefficient (Wildman–Crippen LogP) is -0.886. The Hall–Kier alpha value is -0.200. The van der Waals surface area contributed by atoms with Gasteiger partial charge in [-0.25, -0.2) is 0 Å². The van der Waals surface area contributed by atoms with Crippen molar-refractivity contribution in [2.75, 3.05) is 14.2 Å². The van der Waals surface area contributed by atoms with E-state index in [1.807, 2.05) is 0 Å². The third kappa shape index (κ3) is 2.00. The molecule has 0 aromatic heterocycles. The standard InChI is InChI=1S/C8H16O5/c1-4-7(11-2)5(9)6(10)8(12-3)13-4/h4-10H,1-3H3/t4-,5-,6-,7+,8-/m0/s1. The fraction of sp³-hybridized carbons (Fsp3) is 1.00. The van der Waals surface area contributed by atoms with Gasteiger partial charge in [-0.3, -0.25) is 0 Å². The van der Waals surface area contributed by atoms with E-state index < -0.39 is 24.6 Å². The molecule has 1 aliphatic heterocycles. The van der Waals surface area contributed by atoms with Crippen LogP contribution in [0.1, 0.15) is 6.92 Å². The quantitative estimate of drug-likeness (QED) is 0.594. The second kappa shape index (κ2) is 4.34. The summed E-state index contributed by atoms with van der Waals surface area (Å²) < 4.78 is 15.1. The van der Waals surface area contributed by atoms with E-state index >= 15 is 0 Å². The van der Waals surface area contributed by atoms with Crippen molar-refractivity contribution in [1.82, 2.24) is 0 Å². The number of methoxy groups -OCH3 is 2. The lowest BCUT2D eigenvalue weighted by molar-refractivity contribution is -0.289. The maximum Gasteiger partial charge on any atom is 0.186 e. The lowest BCUT2D eigenvalue weighted by Crippen LogP contribution is -2.57. The molecule has 0 bridgehead atoms. The number of aliphatic hydroxyl groups is 2. The Morgan fingerprint density at radius 2 is 1.69 bits per heavy atom. The largest absolute Gasteiger partial charge is 0.387 e. The second-order valence-electron chi connectivity index (χ2n) is 3.13. The summed E-state index contributed by atoms with van der Waals surface area (Å²) in [5.74, 6) is 0. The van der Waals surface area contributed by atoms with Gasteiger partial charge in [0, 0.05) is 14.2 Å². The number of hydrogen-bond acceptors (Lipinski definition) is 5. The lowest BCUT2D eigenvalue weighted by atomic mass is 10.00. The Labute approximate surface area is 77.2 Å². The first kappa shape index (κ1) is 10.9. The highest BCUT2D eigenvalue weighted by Gasteiger charge is 2.42. The second-order valence-corrected chi connectivity index (χ2v) is 3.13. The third-order valence-electron chi connectivity index (χ3n) is 2.28. The van der Waals surface area contributed by atoms with Crippen molar-refractivity contribution in [3.63, 3.8) is 0 Å². The lowest BCUT2D eigenvalue weighted by Gasteiger charge is -2.39. The fourth-order valence-electron chi connectivity index (χ4n) is 1.53. The first-order valence-electron chi connectivity index (χ1n) is 4.19. The molecular formula is C8H16O5. The van der Waals surface area contributed by atoms with Crippen molar-refractivity contribution >= 4 is 0 Å². The summed E-state index contributed by atoms with van der Waals surface area (Å²) in [7, 11) is 2.88. The van der Waals surface area contributed by atoms with Gasteiger partial charge in [0.2, 0.25) is 0 Å². The highest BCUT2D eigenvalue weighted by molar-refractivity contribution is 4.87. The SMILES string of the molecule is CO[C@H]1O[C@@H](C)[C@@H](OC)[C@@H](O)[C@@H]1O. The maximum atomic E-state index is 9.57. The molecule has 78 valence electrons. The van der Waals surface area contributed by atoms with Crippen molar-refractivity contribution in [3.05, 3.63) is 0 Å². The van der Waals surface area contributed by atoms with Gasteiger partial charge < -0.3 is 24.4 Å². The van der Waals surface area contributed by atoms with Crippen LogP contribution in [-0.2, 0) is 14.2 Å². The Bertz CT molecular complexity index is 163. The van der Waals surface area contributed by atoms with Gasteiger partial charge in [0.05, 0.1) is 6.10 Å². The van der Waals surface area contributed by atoms with Gasteiger partial charge in [-0.1, -0.05) is 0 Å². The van der Waals surface area contributed by atoms with Crippen LogP contribution in [0.5, 0.6) is 0 Å². The molecule has 5 nitrogen and oxygen atoms in total. The smallest absolute Gasteiger partial charge is 0.186 e. The molecule has 0 spiro atoms. The molecule has 0 amide bonds. The Balaban J connectivity index is 2.66. The first-order valence-corrected chi connectivity index (χ1v) is 4.19. The maximum absolute atomic E-state index is 9.57. The van der Waals surface area contributed by atoms with Crippen LogP contribution in [0.25, 0.3) is 0 Å². The highest BCUT2D eigenvalue weighted by atomic mass is 16.7. The van der Waals surface area contributed by atoms with E-state index in [0.717, 1.165) is 0 Å². The van der Waals surface area contributed by atoms with Crippen molar-refractivity contribution in [3.8, 4) is 0 Å². The fourth-order valence-corrected chi connectivity index (χ4v) is 1.53. The van der Waals surface area contributed by atoms with Gasteiger partial charge in [-0.05, 0) is 6.92 Å². The van der Waals surface area contributed by atoms with Gasteiger partial charge >= 0.3 is 0 Å². The molecule has 5 heteroatoms. The van der Waals surface area contributed by atoms with Crippen LogP contribution in [0.2, 0.25) is 0 Å². The zero-order valence-corrected chi connectivity index (χ0v) is 8.01. The number of ether oxygens (including phenoxy) is 3. The normalized spacial score (nSPS) is 46.4. The Morgan fingerprint density at radius 3 is 2.15 bits per heavy atom.